The van der Waals surface area contributed by atoms with Crippen molar-refractivity contribution in [1.82, 2.24) is 5.32 Å². The van der Waals surface area contributed by atoms with Gasteiger partial charge in [-0.15, -0.1) is 0 Å². The predicted molar refractivity (Wildman–Crippen MR) is 56.4 cm³/mol. The molecule has 0 saturated heterocycles. The van der Waals surface area contributed by atoms with Crippen LogP contribution in [0, 0.1) is 11.8 Å². The zero-order chi connectivity index (χ0) is 11.4. The van der Waals surface area contributed by atoms with E-state index < -0.39 is 11.9 Å². The molecule has 4 heteroatoms. The van der Waals surface area contributed by atoms with E-state index in [0.29, 0.717) is 5.92 Å². The van der Waals surface area contributed by atoms with E-state index in [1.807, 2.05) is 0 Å². The molecule has 0 aromatic heterocycles. The molecule has 1 saturated carbocycles. The largest absolute Gasteiger partial charge is 0.481 e. The number of hydrogen-bond acceptors (Lipinski definition) is 2. The molecular weight excluding hydrogens is 194 g/mol. The number of carbonyl (C=O) groups excluding carboxylic acids is 1. The van der Waals surface area contributed by atoms with Crippen molar-refractivity contribution in [1.29, 1.82) is 0 Å². The summed E-state index contributed by atoms with van der Waals surface area (Å²) in [6.07, 6.45) is 4.42. The van der Waals surface area contributed by atoms with Crippen LogP contribution in [0.25, 0.3) is 0 Å². The standard InChI is InChI=1S/C11H19NO3/c1-7-5-3-4-6-9(7)12-10(13)8(2)11(14)15/h7-9H,3-6H2,1-2H3,(H,12,13)(H,14,15). The van der Waals surface area contributed by atoms with Crippen molar-refractivity contribution in [3.63, 3.8) is 0 Å². The van der Waals surface area contributed by atoms with Gasteiger partial charge in [0.2, 0.25) is 5.91 Å². The molecule has 0 heterocycles. The minimum absolute atomic E-state index is 0.160. The Morgan fingerprint density at radius 1 is 1.33 bits per heavy atom. The second-order valence-corrected chi connectivity index (χ2v) is 4.44. The Kier molecular flexibility index (Phi) is 4.12. The van der Waals surface area contributed by atoms with Gasteiger partial charge in [-0.05, 0) is 25.7 Å². The van der Waals surface area contributed by atoms with E-state index in [1.165, 1.54) is 13.3 Å². The van der Waals surface area contributed by atoms with Crippen molar-refractivity contribution < 1.29 is 14.7 Å². The Bertz CT molecular complexity index is 252. The Labute approximate surface area is 90.0 Å². The SMILES string of the molecule is CC(C(=O)O)C(=O)NC1CCCCC1C. The van der Waals surface area contributed by atoms with Gasteiger partial charge in [-0.3, -0.25) is 9.59 Å². The van der Waals surface area contributed by atoms with Crippen LogP contribution < -0.4 is 5.32 Å². The highest BCUT2D eigenvalue weighted by Crippen LogP contribution is 2.23. The molecule has 0 aromatic carbocycles. The van der Waals surface area contributed by atoms with Crippen LogP contribution in [0.3, 0.4) is 0 Å². The van der Waals surface area contributed by atoms with Gasteiger partial charge >= 0.3 is 5.97 Å². The molecule has 86 valence electrons. The molecular formula is C11H19NO3. The van der Waals surface area contributed by atoms with Gasteiger partial charge in [0.05, 0.1) is 0 Å². The van der Waals surface area contributed by atoms with Crippen molar-refractivity contribution >= 4 is 11.9 Å². The van der Waals surface area contributed by atoms with E-state index in [-0.39, 0.29) is 11.9 Å². The fourth-order valence-corrected chi connectivity index (χ4v) is 1.95. The summed E-state index contributed by atoms with van der Waals surface area (Å²) in [4.78, 5) is 22.1. The smallest absolute Gasteiger partial charge is 0.315 e. The van der Waals surface area contributed by atoms with Crippen molar-refractivity contribution in [3.05, 3.63) is 0 Å². The van der Waals surface area contributed by atoms with Crippen LogP contribution >= 0.6 is 0 Å². The molecule has 0 aliphatic heterocycles. The lowest BCUT2D eigenvalue weighted by molar-refractivity contribution is -0.146. The van der Waals surface area contributed by atoms with Crippen LogP contribution in [-0.2, 0) is 9.59 Å². The monoisotopic (exact) mass is 213 g/mol. The number of nitrogens with one attached hydrogen (secondary N) is 1. The van der Waals surface area contributed by atoms with Gasteiger partial charge in [0.1, 0.15) is 5.92 Å². The topological polar surface area (TPSA) is 66.4 Å². The quantitative estimate of drug-likeness (QED) is 0.696. The van der Waals surface area contributed by atoms with E-state index in [1.54, 1.807) is 0 Å². The van der Waals surface area contributed by atoms with Crippen LogP contribution in [0.4, 0.5) is 0 Å². The number of hydrogen-bond donors (Lipinski definition) is 2. The van der Waals surface area contributed by atoms with Crippen LogP contribution in [0.5, 0.6) is 0 Å². The lowest BCUT2D eigenvalue weighted by atomic mass is 9.85. The second-order valence-electron chi connectivity index (χ2n) is 4.44. The highest BCUT2D eigenvalue weighted by Gasteiger charge is 2.27. The van der Waals surface area contributed by atoms with Gasteiger partial charge in [0.25, 0.3) is 0 Å². The van der Waals surface area contributed by atoms with Crippen molar-refractivity contribution in [2.75, 3.05) is 0 Å². The first-order chi connectivity index (χ1) is 7.02. The molecule has 0 radical (unpaired) electrons. The van der Waals surface area contributed by atoms with Gasteiger partial charge in [-0.1, -0.05) is 19.8 Å². The fraction of sp³-hybridized carbons (Fsp3) is 0.818. The van der Waals surface area contributed by atoms with Crippen molar-refractivity contribution in [2.45, 2.75) is 45.6 Å². The second kappa shape index (κ2) is 5.14. The molecule has 15 heavy (non-hydrogen) atoms. The summed E-state index contributed by atoms with van der Waals surface area (Å²) < 4.78 is 0. The van der Waals surface area contributed by atoms with E-state index in [4.69, 9.17) is 5.11 Å². The number of amides is 1. The third-order valence-electron chi connectivity index (χ3n) is 3.20. The van der Waals surface area contributed by atoms with Crippen molar-refractivity contribution in [2.24, 2.45) is 11.8 Å². The summed E-state index contributed by atoms with van der Waals surface area (Å²) in [6.45, 7) is 3.53. The lowest BCUT2D eigenvalue weighted by Gasteiger charge is -2.30. The Morgan fingerprint density at radius 2 is 1.93 bits per heavy atom. The summed E-state index contributed by atoms with van der Waals surface area (Å²) >= 11 is 0. The first-order valence-corrected chi connectivity index (χ1v) is 5.55. The molecule has 1 aliphatic rings. The molecule has 0 bridgehead atoms. The fourth-order valence-electron chi connectivity index (χ4n) is 1.95. The van der Waals surface area contributed by atoms with Gasteiger partial charge < -0.3 is 10.4 Å². The molecule has 1 fully saturated rings. The average Bonchev–Trinajstić information content (AvgIpc) is 2.20. The predicted octanol–water partition coefficient (Wildman–Crippen LogP) is 1.40. The molecule has 1 rings (SSSR count). The summed E-state index contributed by atoms with van der Waals surface area (Å²) in [5.74, 6) is -1.90. The van der Waals surface area contributed by atoms with E-state index >= 15 is 0 Å². The number of carboxylic acids is 1. The summed E-state index contributed by atoms with van der Waals surface area (Å²) in [5.41, 5.74) is 0. The molecule has 0 aromatic rings. The summed E-state index contributed by atoms with van der Waals surface area (Å²) in [6, 6.07) is 0.160. The maximum atomic E-state index is 11.5. The lowest BCUT2D eigenvalue weighted by Crippen LogP contribution is -2.44. The first kappa shape index (κ1) is 12.0. The van der Waals surface area contributed by atoms with Crippen LogP contribution in [-0.4, -0.2) is 23.0 Å². The Morgan fingerprint density at radius 3 is 2.47 bits per heavy atom. The van der Waals surface area contributed by atoms with Gasteiger partial charge in [0.15, 0.2) is 0 Å². The minimum atomic E-state index is -1.06. The summed E-state index contributed by atoms with van der Waals surface area (Å²) in [7, 11) is 0. The third-order valence-corrected chi connectivity index (χ3v) is 3.20. The molecule has 3 unspecified atom stereocenters. The van der Waals surface area contributed by atoms with Crippen LogP contribution in [0.2, 0.25) is 0 Å². The van der Waals surface area contributed by atoms with E-state index in [9.17, 15) is 9.59 Å². The average molecular weight is 213 g/mol. The van der Waals surface area contributed by atoms with Crippen LogP contribution in [0.1, 0.15) is 39.5 Å². The van der Waals surface area contributed by atoms with Gasteiger partial charge in [0, 0.05) is 6.04 Å². The number of carboxylic acid groups (broad SMARTS) is 1. The Balaban J connectivity index is 2.46. The highest BCUT2D eigenvalue weighted by molar-refractivity contribution is 5.96. The molecule has 1 aliphatic carbocycles. The molecule has 2 N–H and O–H groups in total. The highest BCUT2D eigenvalue weighted by atomic mass is 16.4. The zero-order valence-corrected chi connectivity index (χ0v) is 9.32. The van der Waals surface area contributed by atoms with Crippen molar-refractivity contribution in [3.8, 4) is 0 Å². The van der Waals surface area contributed by atoms with E-state index in [2.05, 4.69) is 12.2 Å². The zero-order valence-electron chi connectivity index (χ0n) is 9.32. The van der Waals surface area contributed by atoms with Gasteiger partial charge in [-0.2, -0.15) is 0 Å². The Hall–Kier alpha value is -1.06. The van der Waals surface area contributed by atoms with E-state index in [0.717, 1.165) is 19.3 Å². The molecule has 1 amide bonds. The number of rotatable bonds is 3. The minimum Gasteiger partial charge on any atom is -0.481 e. The van der Waals surface area contributed by atoms with Crippen LogP contribution in [0.15, 0.2) is 0 Å². The molecule has 3 atom stereocenters. The van der Waals surface area contributed by atoms with Gasteiger partial charge in [-0.25, -0.2) is 0 Å². The summed E-state index contributed by atoms with van der Waals surface area (Å²) in [5, 5.41) is 11.5. The third kappa shape index (κ3) is 3.22. The molecule has 4 nitrogen and oxygen atoms in total. The number of aliphatic carboxylic acids is 1. The maximum Gasteiger partial charge on any atom is 0.315 e. The maximum absolute atomic E-state index is 11.5. The normalized spacial score (nSPS) is 28.1. The first-order valence-electron chi connectivity index (χ1n) is 5.55. The molecule has 0 spiro atoms. The number of carbonyl (C=O) groups is 2.